The minimum atomic E-state index is -4.49. The highest BCUT2D eigenvalue weighted by molar-refractivity contribution is 7.93. The minimum Gasteiger partial charge on any atom is -0.461 e. The summed E-state index contributed by atoms with van der Waals surface area (Å²) < 4.78 is 57.5. The summed E-state index contributed by atoms with van der Waals surface area (Å²) in [6.07, 6.45) is 0. The average molecular weight is 561 g/mol. The number of ether oxygens (including phenoxy) is 3. The Hall–Kier alpha value is -2.20. The third kappa shape index (κ3) is 5.63. The number of esters is 1. The standard InChI is InChI=1S/C22H23Cl2N2O7PS/c1-4-31-21(27)20-10-14-9-17(7-8-19(14)25-20)26(22(34-28,32-5-2)33-6-3)35(29,30)18-12-15(23)11-16(24)13-18/h7-13,25H,4-6H2,1-3H3. The number of aromatic amines is 1. The molecule has 188 valence electrons. The average Bonchev–Trinajstić information content (AvgIpc) is 3.22. The van der Waals surface area contributed by atoms with E-state index in [1.165, 1.54) is 36.4 Å². The molecule has 0 aliphatic heterocycles. The molecular formula is C22H23Cl2N2O7PS. The van der Waals surface area contributed by atoms with E-state index in [-0.39, 0.29) is 46.1 Å². The number of fused-ring (bicyclic) bond motifs is 1. The molecule has 2 aromatic carbocycles. The molecule has 0 amide bonds. The van der Waals surface area contributed by atoms with Gasteiger partial charge < -0.3 is 19.2 Å². The number of hydrogen-bond acceptors (Lipinski definition) is 7. The molecule has 0 radical (unpaired) electrons. The highest BCUT2D eigenvalue weighted by Crippen LogP contribution is 2.41. The predicted octanol–water partition coefficient (Wildman–Crippen LogP) is 5.82. The fourth-order valence-corrected chi connectivity index (χ4v) is 6.62. The predicted molar refractivity (Wildman–Crippen MR) is 134 cm³/mol. The van der Waals surface area contributed by atoms with Gasteiger partial charge in [-0.1, -0.05) is 23.2 Å². The van der Waals surface area contributed by atoms with Crippen LogP contribution in [0.4, 0.5) is 5.69 Å². The number of carbonyl (C=O) groups excluding carboxylic acids is 1. The number of aromatic nitrogens is 1. The van der Waals surface area contributed by atoms with Gasteiger partial charge in [-0.15, -0.1) is 0 Å². The summed E-state index contributed by atoms with van der Waals surface area (Å²) in [5.74, 6) is -0.556. The molecule has 0 aliphatic rings. The third-order valence-corrected chi connectivity index (χ3v) is 7.77. The monoisotopic (exact) mass is 560 g/mol. The number of H-pyrrole nitrogens is 1. The maximum Gasteiger partial charge on any atom is 0.354 e. The van der Waals surface area contributed by atoms with Crippen LogP contribution in [0.15, 0.2) is 47.4 Å². The summed E-state index contributed by atoms with van der Waals surface area (Å²) in [6.45, 7) is 5.07. The van der Waals surface area contributed by atoms with E-state index in [0.29, 0.717) is 10.9 Å². The van der Waals surface area contributed by atoms with E-state index in [1.807, 2.05) is 0 Å². The first kappa shape index (κ1) is 27.4. The van der Waals surface area contributed by atoms with Gasteiger partial charge in [-0.3, -0.25) is 4.57 Å². The molecule has 9 nitrogen and oxygen atoms in total. The molecule has 0 spiro atoms. The van der Waals surface area contributed by atoms with E-state index in [0.717, 1.165) is 4.31 Å². The van der Waals surface area contributed by atoms with Gasteiger partial charge in [0, 0.05) is 34.2 Å². The number of nitrogens with zero attached hydrogens (tertiary/aromatic N) is 1. The van der Waals surface area contributed by atoms with Crippen LogP contribution in [0.3, 0.4) is 0 Å². The normalized spacial score (nSPS) is 12.3. The Kier molecular flexibility index (Phi) is 8.80. The lowest BCUT2D eigenvalue weighted by atomic mass is 10.2. The number of sulfonamides is 1. The van der Waals surface area contributed by atoms with Gasteiger partial charge in [0.1, 0.15) is 5.69 Å². The highest BCUT2D eigenvalue weighted by Gasteiger charge is 2.48. The summed E-state index contributed by atoms with van der Waals surface area (Å²) in [5, 5.41) is 0.683. The summed E-state index contributed by atoms with van der Waals surface area (Å²) in [5.41, 5.74) is -1.42. The van der Waals surface area contributed by atoms with Gasteiger partial charge in [0.15, 0.2) is 0 Å². The van der Waals surface area contributed by atoms with Crippen LogP contribution in [-0.4, -0.2) is 44.8 Å². The first-order valence-corrected chi connectivity index (χ1v) is 13.6. The van der Waals surface area contributed by atoms with Crippen LogP contribution in [0.5, 0.6) is 0 Å². The third-order valence-electron chi connectivity index (χ3n) is 4.75. The smallest absolute Gasteiger partial charge is 0.354 e. The quantitative estimate of drug-likeness (QED) is 0.178. The molecule has 3 rings (SSSR count). The summed E-state index contributed by atoms with van der Waals surface area (Å²) in [7, 11) is -5.26. The Morgan fingerprint density at radius 2 is 1.63 bits per heavy atom. The van der Waals surface area contributed by atoms with E-state index >= 15 is 0 Å². The van der Waals surface area contributed by atoms with Crippen LogP contribution in [0, 0.1) is 0 Å². The molecular weight excluding hydrogens is 538 g/mol. The number of anilines is 1. The molecule has 0 saturated heterocycles. The van der Waals surface area contributed by atoms with Crippen LogP contribution < -0.4 is 4.31 Å². The highest BCUT2D eigenvalue weighted by atomic mass is 35.5. The van der Waals surface area contributed by atoms with Crippen LogP contribution in [0.25, 0.3) is 10.9 Å². The molecule has 1 heterocycles. The molecule has 3 aromatic rings. The van der Waals surface area contributed by atoms with Crippen LogP contribution >= 0.6 is 31.7 Å². The van der Waals surface area contributed by atoms with Crippen molar-refractivity contribution < 1.29 is 32.0 Å². The number of halogens is 2. The zero-order chi connectivity index (χ0) is 25.8. The van der Waals surface area contributed by atoms with Crippen LogP contribution in [0.2, 0.25) is 10.0 Å². The first-order valence-electron chi connectivity index (χ1n) is 10.6. The van der Waals surface area contributed by atoms with Gasteiger partial charge in [-0.2, -0.15) is 0 Å². The SMILES string of the molecule is CCOC(=O)c1cc2cc(N(C(OCC)(OCC)P=O)S(=O)(=O)c3cc(Cl)cc(Cl)c3)ccc2[nH]1. The van der Waals surface area contributed by atoms with E-state index in [4.69, 9.17) is 37.4 Å². The Balaban J connectivity index is 2.28. The van der Waals surface area contributed by atoms with Gasteiger partial charge >= 0.3 is 11.6 Å². The zero-order valence-electron chi connectivity index (χ0n) is 19.1. The fourth-order valence-electron chi connectivity index (χ4n) is 3.43. The molecule has 0 unspecified atom stereocenters. The topological polar surface area (TPSA) is 115 Å². The van der Waals surface area contributed by atoms with Crippen molar-refractivity contribution in [3.63, 3.8) is 0 Å². The number of benzene rings is 2. The van der Waals surface area contributed by atoms with E-state index in [2.05, 4.69) is 4.98 Å². The van der Waals surface area contributed by atoms with E-state index < -0.39 is 30.1 Å². The van der Waals surface area contributed by atoms with E-state index in [9.17, 15) is 17.8 Å². The summed E-state index contributed by atoms with van der Waals surface area (Å²) in [4.78, 5) is 14.8. The van der Waals surface area contributed by atoms with Crippen molar-refractivity contribution in [2.75, 3.05) is 24.1 Å². The number of rotatable bonds is 11. The lowest BCUT2D eigenvalue weighted by Gasteiger charge is -2.37. The van der Waals surface area contributed by atoms with Gasteiger partial charge in [0.05, 0.1) is 17.2 Å². The van der Waals surface area contributed by atoms with E-state index in [1.54, 1.807) is 26.8 Å². The Bertz CT molecular complexity index is 1320. The molecule has 0 aliphatic carbocycles. The van der Waals surface area contributed by atoms with Crippen molar-refractivity contribution in [1.29, 1.82) is 0 Å². The van der Waals surface area contributed by atoms with Gasteiger partial charge in [0.2, 0.25) is 8.46 Å². The molecule has 1 aromatic heterocycles. The largest absolute Gasteiger partial charge is 0.461 e. The van der Waals surface area contributed by atoms with Crippen molar-refractivity contribution in [2.24, 2.45) is 0 Å². The Morgan fingerprint density at radius 3 is 2.17 bits per heavy atom. The maximum atomic E-state index is 14.0. The van der Waals surface area contributed by atoms with Crippen molar-refractivity contribution in [1.82, 2.24) is 4.98 Å². The summed E-state index contributed by atoms with van der Waals surface area (Å²) in [6, 6.07) is 9.88. The first-order chi connectivity index (χ1) is 16.6. The lowest BCUT2D eigenvalue weighted by Crippen LogP contribution is -2.52. The molecule has 13 heteroatoms. The van der Waals surface area contributed by atoms with Crippen molar-refractivity contribution >= 4 is 64.2 Å². The fraction of sp³-hybridized carbons (Fsp3) is 0.318. The Morgan fingerprint density at radius 1 is 1.00 bits per heavy atom. The molecule has 1 N–H and O–H groups in total. The number of hydrogen-bond donors (Lipinski definition) is 1. The molecule has 0 fully saturated rings. The second kappa shape index (κ2) is 11.2. The van der Waals surface area contributed by atoms with Crippen molar-refractivity contribution in [3.05, 3.63) is 58.2 Å². The van der Waals surface area contributed by atoms with Crippen LogP contribution in [-0.2, 0) is 28.8 Å². The number of carbonyl (C=O) groups is 1. The van der Waals surface area contributed by atoms with Crippen molar-refractivity contribution in [2.45, 2.75) is 31.3 Å². The Labute approximate surface area is 214 Å². The van der Waals surface area contributed by atoms with Gasteiger partial charge in [0.25, 0.3) is 10.0 Å². The maximum absolute atomic E-state index is 14.0. The molecule has 0 bridgehead atoms. The lowest BCUT2D eigenvalue weighted by molar-refractivity contribution is -0.160. The second-order valence-electron chi connectivity index (χ2n) is 7.06. The van der Waals surface area contributed by atoms with Gasteiger partial charge in [-0.05, 0) is 63.2 Å². The number of nitrogens with one attached hydrogen (secondary N) is 1. The summed E-state index contributed by atoms with van der Waals surface area (Å²) >= 11 is 12.1. The van der Waals surface area contributed by atoms with Gasteiger partial charge in [-0.25, -0.2) is 17.5 Å². The van der Waals surface area contributed by atoms with Crippen molar-refractivity contribution in [3.8, 4) is 0 Å². The molecule has 0 atom stereocenters. The molecule has 35 heavy (non-hydrogen) atoms. The minimum absolute atomic E-state index is 0.0169. The second-order valence-corrected chi connectivity index (χ2v) is 10.5. The van der Waals surface area contributed by atoms with Crippen LogP contribution in [0.1, 0.15) is 31.3 Å². The molecule has 0 saturated carbocycles. The zero-order valence-corrected chi connectivity index (χ0v) is 22.3.